The molecule has 1 aliphatic heterocycles. The molecule has 1 fully saturated rings. The van der Waals surface area contributed by atoms with Crippen LogP contribution in [-0.2, 0) is 6.54 Å². The molecular formula is C18H24FN3S. The van der Waals surface area contributed by atoms with Crippen molar-refractivity contribution < 1.29 is 4.39 Å². The van der Waals surface area contributed by atoms with E-state index in [1.807, 2.05) is 6.07 Å². The zero-order chi connectivity index (χ0) is 16.2. The highest BCUT2D eigenvalue weighted by Gasteiger charge is 2.20. The van der Waals surface area contributed by atoms with Gasteiger partial charge in [0, 0.05) is 49.3 Å². The molecule has 3 nitrogen and oxygen atoms in total. The van der Waals surface area contributed by atoms with Gasteiger partial charge >= 0.3 is 0 Å². The van der Waals surface area contributed by atoms with Gasteiger partial charge in [-0.1, -0.05) is 6.07 Å². The van der Waals surface area contributed by atoms with Crippen molar-refractivity contribution >= 4 is 17.0 Å². The van der Waals surface area contributed by atoms with E-state index in [1.54, 1.807) is 23.5 Å². The first kappa shape index (κ1) is 16.4. The van der Waals surface area contributed by atoms with Crippen molar-refractivity contribution in [2.45, 2.75) is 19.5 Å². The van der Waals surface area contributed by atoms with Gasteiger partial charge in [-0.15, -0.1) is 11.3 Å². The van der Waals surface area contributed by atoms with Gasteiger partial charge in [0.2, 0.25) is 0 Å². The second kappa shape index (κ2) is 7.43. The molecule has 0 saturated carbocycles. The summed E-state index contributed by atoms with van der Waals surface area (Å²) in [5.74, 6) is -0.164. The largest absolute Gasteiger partial charge is 0.369 e. The molecule has 3 rings (SSSR count). The molecule has 0 spiro atoms. The maximum atomic E-state index is 13.8. The Balaban J connectivity index is 1.75. The number of nitrogens with zero attached hydrogens (tertiary/aromatic N) is 2. The van der Waals surface area contributed by atoms with Crippen LogP contribution >= 0.6 is 11.3 Å². The lowest BCUT2D eigenvalue weighted by molar-refractivity contribution is 0.312. The minimum absolute atomic E-state index is 0.113. The van der Waals surface area contributed by atoms with E-state index in [0.717, 1.165) is 44.0 Å². The molecule has 1 saturated heterocycles. The summed E-state index contributed by atoms with van der Waals surface area (Å²) in [5.41, 5.74) is 2.21. The number of hydrogen-bond donors (Lipinski definition) is 1. The summed E-state index contributed by atoms with van der Waals surface area (Å²) >= 11 is 1.74. The second-order valence-corrected chi connectivity index (χ2v) is 7.21. The number of rotatable bonds is 5. The molecule has 0 aliphatic carbocycles. The number of halogens is 1. The zero-order valence-corrected chi connectivity index (χ0v) is 14.6. The molecule has 2 aromatic rings. The van der Waals surface area contributed by atoms with Gasteiger partial charge in [-0.3, -0.25) is 0 Å². The Kier molecular flexibility index (Phi) is 5.30. The third kappa shape index (κ3) is 4.10. The SMILES string of the molecule is C[C@H](NCc1cccs1)c1cc(F)ccc1N1CCN(C)CC1. The lowest BCUT2D eigenvalue weighted by Crippen LogP contribution is -2.45. The smallest absolute Gasteiger partial charge is 0.123 e. The molecule has 0 unspecified atom stereocenters. The van der Waals surface area contributed by atoms with Crippen molar-refractivity contribution in [3.8, 4) is 0 Å². The van der Waals surface area contributed by atoms with Gasteiger partial charge in [0.05, 0.1) is 0 Å². The molecule has 0 amide bonds. The fraction of sp³-hybridized carbons (Fsp3) is 0.444. The molecule has 0 bridgehead atoms. The first-order valence-corrected chi connectivity index (χ1v) is 9.00. The van der Waals surface area contributed by atoms with Crippen molar-refractivity contribution in [1.82, 2.24) is 10.2 Å². The highest BCUT2D eigenvalue weighted by Crippen LogP contribution is 2.28. The van der Waals surface area contributed by atoms with E-state index in [-0.39, 0.29) is 11.9 Å². The average molecular weight is 333 g/mol. The van der Waals surface area contributed by atoms with Crippen LogP contribution < -0.4 is 10.2 Å². The van der Waals surface area contributed by atoms with Gasteiger partial charge in [0.15, 0.2) is 0 Å². The van der Waals surface area contributed by atoms with Gasteiger partial charge in [0.1, 0.15) is 5.82 Å². The minimum Gasteiger partial charge on any atom is -0.369 e. The van der Waals surface area contributed by atoms with Gasteiger partial charge in [-0.05, 0) is 49.2 Å². The second-order valence-electron chi connectivity index (χ2n) is 6.18. The van der Waals surface area contributed by atoms with Crippen LogP contribution in [0.25, 0.3) is 0 Å². The van der Waals surface area contributed by atoms with Crippen LogP contribution in [0.2, 0.25) is 0 Å². The molecule has 1 aliphatic rings. The Morgan fingerprint density at radius 3 is 2.70 bits per heavy atom. The number of likely N-dealkylation sites (N-methyl/N-ethyl adjacent to an activating group) is 1. The summed E-state index contributed by atoms with van der Waals surface area (Å²) in [5, 5.41) is 5.61. The third-order valence-corrected chi connectivity index (χ3v) is 5.34. The molecule has 5 heteroatoms. The summed E-state index contributed by atoms with van der Waals surface area (Å²) in [4.78, 5) is 6.00. The van der Waals surface area contributed by atoms with Crippen LogP contribution in [0.15, 0.2) is 35.7 Å². The van der Waals surface area contributed by atoms with E-state index < -0.39 is 0 Å². The van der Waals surface area contributed by atoms with Crippen molar-refractivity contribution in [3.63, 3.8) is 0 Å². The fourth-order valence-electron chi connectivity index (χ4n) is 2.98. The Labute approximate surface area is 141 Å². The summed E-state index contributed by atoms with van der Waals surface area (Å²) in [6, 6.07) is 9.48. The predicted molar refractivity (Wildman–Crippen MR) is 95.7 cm³/mol. The predicted octanol–water partition coefficient (Wildman–Crippen LogP) is 3.49. The van der Waals surface area contributed by atoms with Crippen LogP contribution in [0.4, 0.5) is 10.1 Å². The lowest BCUT2D eigenvalue weighted by Gasteiger charge is -2.36. The quantitative estimate of drug-likeness (QED) is 0.904. The lowest BCUT2D eigenvalue weighted by atomic mass is 10.0. The first-order chi connectivity index (χ1) is 11.1. The standard InChI is InChI=1S/C18H24FN3S/c1-14(20-13-16-4-3-11-23-16)17-12-15(19)5-6-18(17)22-9-7-21(2)8-10-22/h3-6,11-12,14,20H,7-10,13H2,1-2H3/t14-/m0/s1. The number of hydrogen-bond acceptors (Lipinski definition) is 4. The molecule has 1 aromatic heterocycles. The van der Waals surface area contributed by atoms with E-state index in [1.165, 1.54) is 4.88 Å². The van der Waals surface area contributed by atoms with Gasteiger partial charge in [-0.25, -0.2) is 4.39 Å². The van der Waals surface area contributed by atoms with Crippen LogP contribution in [0.5, 0.6) is 0 Å². The minimum atomic E-state index is -0.164. The number of thiophene rings is 1. The summed E-state index contributed by atoms with van der Waals surface area (Å²) in [7, 11) is 2.15. The van der Waals surface area contributed by atoms with E-state index in [2.05, 4.69) is 46.6 Å². The van der Waals surface area contributed by atoms with E-state index in [4.69, 9.17) is 0 Å². The van der Waals surface area contributed by atoms with Crippen molar-refractivity contribution in [3.05, 3.63) is 52.0 Å². The molecule has 2 heterocycles. The fourth-order valence-corrected chi connectivity index (χ4v) is 3.64. The van der Waals surface area contributed by atoms with Crippen LogP contribution in [0.3, 0.4) is 0 Å². The normalized spacial score (nSPS) is 17.4. The number of anilines is 1. The third-order valence-electron chi connectivity index (χ3n) is 4.46. The molecule has 1 N–H and O–H groups in total. The zero-order valence-electron chi connectivity index (χ0n) is 13.8. The highest BCUT2D eigenvalue weighted by atomic mass is 32.1. The first-order valence-electron chi connectivity index (χ1n) is 8.12. The van der Waals surface area contributed by atoms with Crippen LogP contribution in [0, 0.1) is 5.82 Å². The van der Waals surface area contributed by atoms with Crippen molar-refractivity contribution in [2.24, 2.45) is 0 Å². The van der Waals surface area contributed by atoms with Crippen LogP contribution in [0.1, 0.15) is 23.4 Å². The van der Waals surface area contributed by atoms with Gasteiger partial charge in [0.25, 0.3) is 0 Å². The topological polar surface area (TPSA) is 18.5 Å². The number of benzene rings is 1. The molecule has 23 heavy (non-hydrogen) atoms. The summed E-state index contributed by atoms with van der Waals surface area (Å²) in [6.07, 6.45) is 0. The van der Waals surface area contributed by atoms with Crippen molar-refractivity contribution in [2.75, 3.05) is 38.1 Å². The monoisotopic (exact) mass is 333 g/mol. The Bertz CT molecular complexity index is 621. The highest BCUT2D eigenvalue weighted by molar-refractivity contribution is 7.09. The van der Waals surface area contributed by atoms with Crippen LogP contribution in [-0.4, -0.2) is 38.1 Å². The average Bonchev–Trinajstić information content (AvgIpc) is 3.07. The number of nitrogens with one attached hydrogen (secondary N) is 1. The Morgan fingerprint density at radius 1 is 1.22 bits per heavy atom. The maximum absolute atomic E-state index is 13.8. The van der Waals surface area contributed by atoms with Gasteiger partial charge < -0.3 is 15.1 Å². The van der Waals surface area contributed by atoms with Gasteiger partial charge in [-0.2, -0.15) is 0 Å². The summed E-state index contributed by atoms with van der Waals surface area (Å²) < 4.78 is 13.8. The molecule has 1 atom stereocenters. The van der Waals surface area contributed by atoms with E-state index in [9.17, 15) is 4.39 Å². The molecule has 0 radical (unpaired) electrons. The van der Waals surface area contributed by atoms with E-state index >= 15 is 0 Å². The van der Waals surface area contributed by atoms with E-state index in [0.29, 0.717) is 0 Å². The summed E-state index contributed by atoms with van der Waals surface area (Å²) in [6.45, 7) is 7.01. The molecule has 1 aromatic carbocycles. The molecule has 124 valence electrons. The number of piperazine rings is 1. The Morgan fingerprint density at radius 2 is 2.00 bits per heavy atom. The van der Waals surface area contributed by atoms with Crippen molar-refractivity contribution in [1.29, 1.82) is 0 Å². The molecular weight excluding hydrogens is 309 g/mol. The maximum Gasteiger partial charge on any atom is 0.123 e. The Hall–Kier alpha value is -1.43.